The smallest absolute Gasteiger partial charge is 0.125 e. The van der Waals surface area contributed by atoms with Crippen LogP contribution < -0.4 is 0 Å². The molecular weight excluding hydrogens is 315 g/mol. The molecule has 4 rings (SSSR count). The van der Waals surface area contributed by atoms with Crippen molar-refractivity contribution in [2.45, 2.75) is 78.2 Å². The number of rotatable bonds is 1. The van der Waals surface area contributed by atoms with Gasteiger partial charge >= 0.3 is 0 Å². The monoisotopic (exact) mass is 348 g/mol. The zero-order valence-corrected chi connectivity index (χ0v) is 15.9. The zero-order chi connectivity index (χ0) is 18.0. The Morgan fingerprint density at radius 1 is 1.08 bits per heavy atom. The van der Waals surface area contributed by atoms with Gasteiger partial charge in [0.1, 0.15) is 5.83 Å². The van der Waals surface area contributed by atoms with Crippen LogP contribution in [-0.4, -0.2) is 22.9 Å². The molecule has 0 saturated heterocycles. The third-order valence-electron chi connectivity index (χ3n) is 8.69. The Balaban J connectivity index is 1.72. The van der Waals surface area contributed by atoms with Crippen LogP contribution in [0.2, 0.25) is 0 Å². The molecule has 6 unspecified atom stereocenters. The van der Waals surface area contributed by atoms with E-state index in [1.165, 1.54) is 11.1 Å². The van der Waals surface area contributed by atoms with Crippen LogP contribution in [0.15, 0.2) is 22.5 Å². The number of hydrogen-bond donors (Lipinski definition) is 2. The van der Waals surface area contributed by atoms with Gasteiger partial charge in [-0.05, 0) is 92.4 Å². The number of aliphatic hydroxyl groups is 2. The Morgan fingerprint density at radius 3 is 2.48 bits per heavy atom. The van der Waals surface area contributed by atoms with E-state index in [2.05, 4.69) is 20.8 Å². The lowest BCUT2D eigenvalue weighted by Crippen LogP contribution is -2.50. The standard InChI is InChI=1S/C22H33FO2/c1-13-10-15-16-4-5-18(20(23)12-24)21(16,2)9-7-17(15)22(3)8-6-14(25)11-19(13)22/h14-17,24-25H,4-12H2,1-3H3/b20-18+. The number of halogens is 1. The molecule has 0 heterocycles. The highest BCUT2D eigenvalue weighted by Crippen LogP contribution is 2.67. The van der Waals surface area contributed by atoms with Gasteiger partial charge in [-0.25, -0.2) is 4.39 Å². The second-order valence-electron chi connectivity index (χ2n) is 9.69. The third-order valence-corrected chi connectivity index (χ3v) is 8.69. The van der Waals surface area contributed by atoms with Crippen LogP contribution in [0.4, 0.5) is 4.39 Å². The maximum Gasteiger partial charge on any atom is 0.125 e. The summed E-state index contributed by atoms with van der Waals surface area (Å²) in [5, 5.41) is 19.5. The van der Waals surface area contributed by atoms with Crippen molar-refractivity contribution in [2.24, 2.45) is 28.6 Å². The van der Waals surface area contributed by atoms with E-state index in [0.717, 1.165) is 56.9 Å². The summed E-state index contributed by atoms with van der Waals surface area (Å²) in [7, 11) is 0. The lowest BCUT2D eigenvalue weighted by atomic mass is 9.46. The van der Waals surface area contributed by atoms with Gasteiger partial charge in [-0.1, -0.05) is 25.0 Å². The fraction of sp³-hybridized carbons (Fsp3) is 0.818. The maximum atomic E-state index is 14.3. The summed E-state index contributed by atoms with van der Waals surface area (Å²) < 4.78 is 14.3. The fourth-order valence-corrected chi connectivity index (χ4v) is 7.45. The number of fused-ring (bicyclic) bond motifs is 5. The highest BCUT2D eigenvalue weighted by molar-refractivity contribution is 5.33. The van der Waals surface area contributed by atoms with Crippen LogP contribution in [0.3, 0.4) is 0 Å². The van der Waals surface area contributed by atoms with Crippen molar-refractivity contribution >= 4 is 0 Å². The van der Waals surface area contributed by atoms with Crippen LogP contribution in [0.25, 0.3) is 0 Å². The lowest BCUT2D eigenvalue weighted by molar-refractivity contribution is -0.0304. The molecule has 3 fully saturated rings. The van der Waals surface area contributed by atoms with Crippen molar-refractivity contribution in [3.63, 3.8) is 0 Å². The summed E-state index contributed by atoms with van der Waals surface area (Å²) >= 11 is 0. The molecular formula is C22H33FO2. The van der Waals surface area contributed by atoms with Gasteiger partial charge < -0.3 is 10.2 Å². The van der Waals surface area contributed by atoms with Gasteiger partial charge in [0.2, 0.25) is 0 Å². The van der Waals surface area contributed by atoms with Crippen molar-refractivity contribution < 1.29 is 14.6 Å². The predicted octanol–water partition coefficient (Wildman–Crippen LogP) is 4.92. The summed E-state index contributed by atoms with van der Waals surface area (Å²) in [4.78, 5) is 0. The maximum absolute atomic E-state index is 14.3. The largest absolute Gasteiger partial charge is 0.393 e. The van der Waals surface area contributed by atoms with Gasteiger partial charge in [-0.15, -0.1) is 0 Å². The molecule has 6 atom stereocenters. The van der Waals surface area contributed by atoms with E-state index in [1.54, 1.807) is 0 Å². The average Bonchev–Trinajstić information content (AvgIpc) is 2.93. The van der Waals surface area contributed by atoms with E-state index < -0.39 is 6.61 Å². The Morgan fingerprint density at radius 2 is 1.76 bits per heavy atom. The molecule has 4 aliphatic carbocycles. The molecule has 2 nitrogen and oxygen atoms in total. The van der Waals surface area contributed by atoms with Gasteiger partial charge in [0, 0.05) is 0 Å². The highest BCUT2D eigenvalue weighted by Gasteiger charge is 2.58. The molecule has 4 aliphatic rings. The molecule has 3 saturated carbocycles. The molecule has 0 aromatic carbocycles. The van der Waals surface area contributed by atoms with Gasteiger partial charge in [-0.3, -0.25) is 0 Å². The first kappa shape index (κ1) is 17.7. The minimum atomic E-state index is -0.440. The molecule has 0 amide bonds. The van der Waals surface area contributed by atoms with Crippen LogP contribution in [0.5, 0.6) is 0 Å². The summed E-state index contributed by atoms with van der Waals surface area (Å²) in [6.45, 7) is 6.53. The van der Waals surface area contributed by atoms with Gasteiger partial charge in [0.25, 0.3) is 0 Å². The van der Waals surface area contributed by atoms with Crippen molar-refractivity contribution in [2.75, 3.05) is 6.61 Å². The number of hydrogen-bond acceptors (Lipinski definition) is 2. The van der Waals surface area contributed by atoms with E-state index in [0.29, 0.717) is 17.8 Å². The molecule has 0 radical (unpaired) electrons. The quantitative estimate of drug-likeness (QED) is 0.661. The van der Waals surface area contributed by atoms with Crippen molar-refractivity contribution in [3.8, 4) is 0 Å². The SMILES string of the molecule is CC1=C2CC(O)CCC2(C)C2CCC3(C)/C(=C(/F)CO)CCC3C2C1. The predicted molar refractivity (Wildman–Crippen MR) is 97.5 cm³/mol. The average molecular weight is 349 g/mol. The molecule has 140 valence electrons. The van der Waals surface area contributed by atoms with Crippen molar-refractivity contribution in [1.29, 1.82) is 0 Å². The van der Waals surface area contributed by atoms with Gasteiger partial charge in [0.15, 0.2) is 0 Å². The first-order chi connectivity index (χ1) is 11.8. The minimum absolute atomic E-state index is 0.0592. The third kappa shape index (κ3) is 2.41. The van der Waals surface area contributed by atoms with Crippen LogP contribution in [0.1, 0.15) is 72.1 Å². The van der Waals surface area contributed by atoms with Gasteiger partial charge in [0.05, 0.1) is 12.7 Å². The Kier molecular flexibility index (Phi) is 4.20. The molecule has 0 aromatic rings. The zero-order valence-electron chi connectivity index (χ0n) is 15.9. The molecule has 2 N–H and O–H groups in total. The van der Waals surface area contributed by atoms with Crippen LogP contribution in [0, 0.1) is 28.6 Å². The van der Waals surface area contributed by atoms with Gasteiger partial charge in [-0.2, -0.15) is 0 Å². The second-order valence-corrected chi connectivity index (χ2v) is 9.69. The summed E-state index contributed by atoms with van der Waals surface area (Å²) in [6.07, 6.45) is 7.93. The molecule has 0 spiro atoms. The molecule has 0 bridgehead atoms. The molecule has 0 aliphatic heterocycles. The minimum Gasteiger partial charge on any atom is -0.393 e. The summed E-state index contributed by atoms with van der Waals surface area (Å²) in [5.74, 6) is 1.58. The second kappa shape index (κ2) is 5.92. The fourth-order valence-electron chi connectivity index (χ4n) is 7.45. The van der Waals surface area contributed by atoms with E-state index in [4.69, 9.17) is 0 Å². The Bertz CT molecular complexity index is 636. The highest BCUT2D eigenvalue weighted by atomic mass is 19.1. The lowest BCUT2D eigenvalue weighted by Gasteiger charge is -2.58. The van der Waals surface area contributed by atoms with Crippen molar-refractivity contribution in [3.05, 3.63) is 22.5 Å². The first-order valence-corrected chi connectivity index (χ1v) is 10.2. The van der Waals surface area contributed by atoms with E-state index in [9.17, 15) is 14.6 Å². The summed E-state index contributed by atoms with van der Waals surface area (Å²) in [5.41, 5.74) is 4.11. The topological polar surface area (TPSA) is 40.5 Å². The van der Waals surface area contributed by atoms with E-state index >= 15 is 0 Å². The van der Waals surface area contributed by atoms with Crippen LogP contribution >= 0.6 is 0 Å². The Labute approximate surface area is 151 Å². The van der Waals surface area contributed by atoms with Crippen molar-refractivity contribution in [1.82, 2.24) is 0 Å². The van der Waals surface area contributed by atoms with Crippen LogP contribution in [-0.2, 0) is 0 Å². The first-order valence-electron chi connectivity index (χ1n) is 10.2. The number of aliphatic hydroxyl groups excluding tert-OH is 2. The number of allylic oxidation sites excluding steroid dienone is 2. The molecule has 0 aromatic heterocycles. The van der Waals surface area contributed by atoms with E-state index in [-0.39, 0.29) is 22.8 Å². The molecule has 3 heteroatoms. The Hall–Kier alpha value is -0.670. The molecule has 25 heavy (non-hydrogen) atoms. The normalized spacial score (nSPS) is 48.7. The summed E-state index contributed by atoms with van der Waals surface area (Å²) in [6, 6.07) is 0. The van der Waals surface area contributed by atoms with E-state index in [1.807, 2.05) is 0 Å².